The average Bonchev–Trinajstić information content (AvgIpc) is 2.86. The van der Waals surface area contributed by atoms with E-state index in [1.165, 1.54) is 0 Å². The first kappa shape index (κ1) is 17.8. The van der Waals surface area contributed by atoms with Gasteiger partial charge in [0.1, 0.15) is 5.60 Å². The van der Waals surface area contributed by atoms with E-state index in [2.05, 4.69) is 19.8 Å². The Kier molecular flexibility index (Phi) is 3.88. The molecular formula is C21H32O4. The summed E-state index contributed by atoms with van der Waals surface area (Å²) in [6.07, 6.45) is 9.13. The molecule has 4 fully saturated rings. The van der Waals surface area contributed by atoms with Gasteiger partial charge < -0.3 is 20.4 Å². The molecule has 0 spiro atoms. The predicted molar refractivity (Wildman–Crippen MR) is 94.3 cm³/mol. The fourth-order valence-corrected chi connectivity index (χ4v) is 7.52. The van der Waals surface area contributed by atoms with Crippen molar-refractivity contribution in [1.82, 2.24) is 0 Å². The van der Waals surface area contributed by atoms with E-state index in [-0.39, 0.29) is 28.6 Å². The van der Waals surface area contributed by atoms with Crippen molar-refractivity contribution in [2.45, 2.75) is 82.7 Å². The molecule has 0 aromatic rings. The SMILES string of the molecule is C#C[C@]1(O)CC[C@H]2[C@@H]3[C@@H](O)CC4[C@H](O)[C@H](O)CC[C@]4(C)[C@H]3CC[C@@]21C. The Balaban J connectivity index is 1.71. The first-order valence-corrected chi connectivity index (χ1v) is 9.92. The molecule has 10 atom stereocenters. The van der Waals surface area contributed by atoms with Crippen LogP contribution in [0.15, 0.2) is 0 Å². The lowest BCUT2D eigenvalue weighted by Gasteiger charge is -2.63. The topological polar surface area (TPSA) is 80.9 Å². The van der Waals surface area contributed by atoms with Crippen LogP contribution in [-0.2, 0) is 0 Å². The van der Waals surface area contributed by atoms with Crippen LogP contribution in [0.1, 0.15) is 58.8 Å². The maximum absolute atomic E-state index is 11.0. The summed E-state index contributed by atoms with van der Waals surface area (Å²) in [5, 5.41) is 42.7. The van der Waals surface area contributed by atoms with Crippen LogP contribution in [0.2, 0.25) is 0 Å². The molecular weight excluding hydrogens is 316 g/mol. The van der Waals surface area contributed by atoms with Crippen LogP contribution in [-0.4, -0.2) is 44.3 Å². The molecule has 0 aromatic carbocycles. The lowest BCUT2D eigenvalue weighted by molar-refractivity contribution is -0.212. The third-order valence-corrected chi connectivity index (χ3v) is 9.14. The summed E-state index contributed by atoms with van der Waals surface area (Å²) in [6, 6.07) is 0. The van der Waals surface area contributed by atoms with E-state index in [9.17, 15) is 20.4 Å². The smallest absolute Gasteiger partial charge is 0.130 e. The molecule has 0 bridgehead atoms. The minimum atomic E-state index is -1.07. The first-order valence-electron chi connectivity index (χ1n) is 9.92. The number of terminal acetylenes is 1. The molecule has 4 N–H and O–H groups in total. The summed E-state index contributed by atoms with van der Waals surface area (Å²) >= 11 is 0. The van der Waals surface area contributed by atoms with Gasteiger partial charge >= 0.3 is 0 Å². The summed E-state index contributed by atoms with van der Waals surface area (Å²) < 4.78 is 0. The molecule has 0 amide bonds. The van der Waals surface area contributed by atoms with Crippen LogP contribution in [0, 0.1) is 46.8 Å². The Labute approximate surface area is 150 Å². The third kappa shape index (κ3) is 2.10. The van der Waals surface area contributed by atoms with Crippen LogP contribution >= 0.6 is 0 Å². The molecule has 0 aliphatic heterocycles. The van der Waals surface area contributed by atoms with Gasteiger partial charge in [-0.2, -0.15) is 0 Å². The lowest BCUT2D eigenvalue weighted by Crippen LogP contribution is -2.63. The molecule has 1 unspecified atom stereocenters. The van der Waals surface area contributed by atoms with Gasteiger partial charge in [-0.1, -0.05) is 19.8 Å². The standard InChI is InChI=1S/C21H32O4/c1-4-21(25)10-6-13-17-12(5-9-20(13,21)3)19(2)8-7-15(22)18(24)14(19)11-16(17)23/h1,12-18,22-25H,5-11H2,2-3H3/t12-,13-,14?,15+,16-,17+,18-,19+,20-,21-/m0/s1. The zero-order valence-electron chi connectivity index (χ0n) is 15.4. The largest absolute Gasteiger partial charge is 0.393 e. The van der Waals surface area contributed by atoms with Gasteiger partial charge in [0.05, 0.1) is 18.3 Å². The van der Waals surface area contributed by atoms with E-state index in [0.717, 1.165) is 25.7 Å². The molecule has 0 saturated heterocycles. The molecule has 25 heavy (non-hydrogen) atoms. The van der Waals surface area contributed by atoms with Crippen LogP contribution in [0.3, 0.4) is 0 Å². The first-order chi connectivity index (χ1) is 11.7. The van der Waals surface area contributed by atoms with Gasteiger partial charge in [0.15, 0.2) is 0 Å². The summed E-state index contributed by atoms with van der Waals surface area (Å²) in [4.78, 5) is 0. The lowest BCUT2D eigenvalue weighted by atomic mass is 9.43. The van der Waals surface area contributed by atoms with Crippen molar-refractivity contribution in [3.8, 4) is 12.3 Å². The monoisotopic (exact) mass is 348 g/mol. The van der Waals surface area contributed by atoms with Crippen LogP contribution in [0.4, 0.5) is 0 Å². The van der Waals surface area contributed by atoms with Gasteiger partial charge in [0.25, 0.3) is 0 Å². The Morgan fingerprint density at radius 3 is 2.24 bits per heavy atom. The maximum atomic E-state index is 11.0. The highest BCUT2D eigenvalue weighted by molar-refractivity contribution is 5.24. The van der Waals surface area contributed by atoms with Gasteiger partial charge in [-0.15, -0.1) is 6.42 Å². The van der Waals surface area contributed by atoms with E-state index < -0.39 is 23.9 Å². The predicted octanol–water partition coefficient (Wildman–Crippen LogP) is 1.70. The van der Waals surface area contributed by atoms with Crippen molar-refractivity contribution in [1.29, 1.82) is 0 Å². The van der Waals surface area contributed by atoms with E-state index in [1.54, 1.807) is 0 Å². The van der Waals surface area contributed by atoms with Gasteiger partial charge in [-0.25, -0.2) is 0 Å². The van der Waals surface area contributed by atoms with Gasteiger partial charge in [0, 0.05) is 5.41 Å². The summed E-state index contributed by atoms with van der Waals surface area (Å²) in [5.41, 5.74) is -1.46. The van der Waals surface area contributed by atoms with Crippen molar-refractivity contribution in [2.24, 2.45) is 34.5 Å². The minimum Gasteiger partial charge on any atom is -0.393 e. The average molecular weight is 348 g/mol. The summed E-state index contributed by atoms with van der Waals surface area (Å²) in [6.45, 7) is 4.36. The number of aliphatic hydroxyl groups is 4. The number of rotatable bonds is 0. The highest BCUT2D eigenvalue weighted by Gasteiger charge is 2.67. The second-order valence-corrected chi connectivity index (χ2v) is 9.80. The number of aliphatic hydroxyl groups excluding tert-OH is 3. The van der Waals surface area contributed by atoms with Crippen molar-refractivity contribution in [3.05, 3.63) is 0 Å². The van der Waals surface area contributed by atoms with Crippen LogP contribution in [0.25, 0.3) is 0 Å². The number of hydrogen-bond acceptors (Lipinski definition) is 4. The van der Waals surface area contributed by atoms with E-state index in [0.29, 0.717) is 25.2 Å². The molecule has 4 heteroatoms. The Morgan fingerprint density at radius 1 is 0.880 bits per heavy atom. The number of hydrogen-bond donors (Lipinski definition) is 4. The van der Waals surface area contributed by atoms with Crippen LogP contribution < -0.4 is 0 Å². The highest BCUT2D eigenvalue weighted by atomic mass is 16.3. The fourth-order valence-electron chi connectivity index (χ4n) is 7.52. The van der Waals surface area contributed by atoms with Gasteiger partial charge in [0.2, 0.25) is 0 Å². The molecule has 0 radical (unpaired) electrons. The van der Waals surface area contributed by atoms with Gasteiger partial charge in [-0.05, 0) is 74.0 Å². The van der Waals surface area contributed by atoms with Crippen molar-refractivity contribution >= 4 is 0 Å². The molecule has 4 nitrogen and oxygen atoms in total. The molecule has 0 aromatic heterocycles. The zero-order chi connectivity index (χ0) is 18.2. The molecule has 4 aliphatic carbocycles. The molecule has 4 aliphatic rings. The molecule has 4 saturated carbocycles. The van der Waals surface area contributed by atoms with Crippen molar-refractivity contribution in [3.63, 3.8) is 0 Å². The molecule has 0 heterocycles. The summed E-state index contributed by atoms with van der Waals surface area (Å²) in [5.74, 6) is 3.30. The third-order valence-electron chi connectivity index (χ3n) is 9.14. The minimum absolute atomic E-state index is 0.0511. The van der Waals surface area contributed by atoms with Crippen LogP contribution in [0.5, 0.6) is 0 Å². The van der Waals surface area contributed by atoms with E-state index in [4.69, 9.17) is 6.42 Å². The van der Waals surface area contributed by atoms with Crippen molar-refractivity contribution in [2.75, 3.05) is 0 Å². The Hall–Kier alpha value is -0.600. The van der Waals surface area contributed by atoms with E-state index in [1.807, 2.05) is 0 Å². The molecule has 4 rings (SSSR count). The Morgan fingerprint density at radius 2 is 1.56 bits per heavy atom. The van der Waals surface area contributed by atoms with Gasteiger partial charge in [-0.3, -0.25) is 0 Å². The quantitative estimate of drug-likeness (QED) is 0.502. The zero-order valence-corrected chi connectivity index (χ0v) is 15.4. The highest BCUT2D eigenvalue weighted by Crippen LogP contribution is 2.68. The van der Waals surface area contributed by atoms with Crippen molar-refractivity contribution < 1.29 is 20.4 Å². The Bertz CT molecular complexity index is 599. The second kappa shape index (κ2) is 5.45. The maximum Gasteiger partial charge on any atom is 0.130 e. The van der Waals surface area contributed by atoms with E-state index >= 15 is 0 Å². The number of fused-ring (bicyclic) bond motifs is 5. The normalized spacial score (nSPS) is 60.9. The molecule has 140 valence electrons. The fraction of sp³-hybridized carbons (Fsp3) is 0.905. The summed E-state index contributed by atoms with van der Waals surface area (Å²) in [7, 11) is 0. The second-order valence-electron chi connectivity index (χ2n) is 9.80.